The Bertz CT molecular complexity index is 560. The third kappa shape index (κ3) is 7.62. The molecule has 2 N–H and O–H groups in total. The van der Waals surface area contributed by atoms with Gasteiger partial charge >= 0.3 is 6.09 Å². The van der Waals surface area contributed by atoms with Gasteiger partial charge in [0.15, 0.2) is 0 Å². The van der Waals surface area contributed by atoms with Crippen LogP contribution in [0.2, 0.25) is 0 Å². The monoisotopic (exact) mass is 371 g/mol. The molecule has 0 aliphatic rings. The average molecular weight is 372 g/mol. The summed E-state index contributed by atoms with van der Waals surface area (Å²) in [4.78, 5) is 17.8. The summed E-state index contributed by atoms with van der Waals surface area (Å²) >= 11 is 4.13. The van der Waals surface area contributed by atoms with Gasteiger partial charge in [0.25, 0.3) is 0 Å². The molecule has 8 heteroatoms. The van der Waals surface area contributed by atoms with Gasteiger partial charge < -0.3 is 9.56 Å². The molecular weight excluding hydrogens is 350 g/mol. The van der Waals surface area contributed by atoms with E-state index < -0.39 is 6.09 Å². The van der Waals surface area contributed by atoms with Crippen LogP contribution in [-0.4, -0.2) is 23.7 Å². The van der Waals surface area contributed by atoms with Gasteiger partial charge in [-0.25, -0.2) is 14.6 Å². The van der Waals surface area contributed by atoms with E-state index in [9.17, 15) is 4.79 Å². The number of amides is 1. The lowest BCUT2D eigenvalue weighted by molar-refractivity contribution is 0.0973. The molecule has 0 aliphatic heterocycles. The molecule has 23 heavy (non-hydrogen) atoms. The molecule has 0 saturated carbocycles. The Morgan fingerprint density at radius 2 is 1.91 bits per heavy atom. The molecule has 0 fully saturated rings. The molecule has 0 saturated heterocycles. The van der Waals surface area contributed by atoms with Crippen LogP contribution in [0, 0.1) is 0 Å². The van der Waals surface area contributed by atoms with Gasteiger partial charge in [-0.2, -0.15) is 0 Å². The van der Waals surface area contributed by atoms with Crippen molar-refractivity contribution in [3.8, 4) is 0 Å². The van der Waals surface area contributed by atoms with Crippen molar-refractivity contribution < 1.29 is 9.63 Å². The number of thioether (sulfide) groups is 2. The second-order valence-corrected chi connectivity index (χ2v) is 7.45. The highest BCUT2D eigenvalue weighted by atomic mass is 32.2. The fraction of sp³-hybridized carbons (Fsp3) is 0.267. The fourth-order valence-corrected chi connectivity index (χ4v) is 2.86. The van der Waals surface area contributed by atoms with Crippen LogP contribution in [0.15, 0.2) is 57.4 Å². The van der Waals surface area contributed by atoms with Gasteiger partial charge in [-0.1, -0.05) is 36.5 Å². The van der Waals surface area contributed by atoms with E-state index in [0.29, 0.717) is 5.03 Å². The first-order valence-electron chi connectivity index (χ1n) is 6.70. The first-order valence-corrected chi connectivity index (χ1v) is 9.52. The Hall–Kier alpha value is -1.38. The predicted molar refractivity (Wildman–Crippen MR) is 101 cm³/mol. The SMILES string of the molecule is C=C(NOC(=O)N(C)SNC(Sc1ccccc1)=C(C)C)SC. The summed E-state index contributed by atoms with van der Waals surface area (Å²) in [6.07, 6.45) is 1.32. The molecule has 0 aromatic heterocycles. The third-order valence-corrected chi connectivity index (χ3v) is 5.09. The Morgan fingerprint density at radius 1 is 1.26 bits per heavy atom. The van der Waals surface area contributed by atoms with Crippen molar-refractivity contribution in [1.29, 1.82) is 0 Å². The summed E-state index contributed by atoms with van der Waals surface area (Å²) in [6, 6.07) is 10.0. The summed E-state index contributed by atoms with van der Waals surface area (Å²) in [6.45, 7) is 7.70. The maximum Gasteiger partial charge on any atom is 0.445 e. The van der Waals surface area contributed by atoms with E-state index in [0.717, 1.165) is 27.6 Å². The first kappa shape index (κ1) is 19.7. The number of carbonyl (C=O) groups excluding carboxylic acids is 1. The highest BCUT2D eigenvalue weighted by Crippen LogP contribution is 2.28. The van der Waals surface area contributed by atoms with Crippen molar-refractivity contribution in [2.24, 2.45) is 0 Å². The van der Waals surface area contributed by atoms with Gasteiger partial charge in [0.1, 0.15) is 0 Å². The highest BCUT2D eigenvalue weighted by Gasteiger charge is 2.13. The number of allylic oxidation sites excluding steroid dienone is 1. The smallest absolute Gasteiger partial charge is 0.323 e. The summed E-state index contributed by atoms with van der Waals surface area (Å²) < 4.78 is 4.54. The van der Waals surface area contributed by atoms with Crippen molar-refractivity contribution in [2.45, 2.75) is 18.7 Å². The number of carbonyl (C=O) groups is 1. The fourth-order valence-electron chi connectivity index (χ4n) is 1.19. The molecule has 1 aromatic rings. The molecule has 1 rings (SSSR count). The van der Waals surface area contributed by atoms with Crippen LogP contribution in [0.25, 0.3) is 0 Å². The topological polar surface area (TPSA) is 53.6 Å². The Morgan fingerprint density at radius 3 is 2.48 bits per heavy atom. The van der Waals surface area contributed by atoms with Crippen LogP contribution in [0.5, 0.6) is 0 Å². The summed E-state index contributed by atoms with van der Waals surface area (Å²) in [7, 11) is 1.62. The largest absolute Gasteiger partial charge is 0.445 e. The van der Waals surface area contributed by atoms with Crippen molar-refractivity contribution in [3.05, 3.63) is 52.5 Å². The van der Waals surface area contributed by atoms with E-state index in [4.69, 9.17) is 4.84 Å². The van der Waals surface area contributed by atoms with Gasteiger partial charge in [0, 0.05) is 11.9 Å². The molecule has 0 heterocycles. The average Bonchev–Trinajstić information content (AvgIpc) is 2.56. The normalized spacial score (nSPS) is 9.74. The van der Waals surface area contributed by atoms with E-state index in [1.807, 2.05) is 50.4 Å². The molecule has 0 spiro atoms. The van der Waals surface area contributed by atoms with E-state index in [-0.39, 0.29) is 0 Å². The van der Waals surface area contributed by atoms with Crippen LogP contribution in [0.3, 0.4) is 0 Å². The van der Waals surface area contributed by atoms with Gasteiger partial charge in [0.2, 0.25) is 0 Å². The summed E-state index contributed by atoms with van der Waals surface area (Å²) in [5.74, 6) is 0. The van der Waals surface area contributed by atoms with Crippen LogP contribution in [0.4, 0.5) is 4.79 Å². The summed E-state index contributed by atoms with van der Waals surface area (Å²) in [5, 5.41) is 1.54. The first-order chi connectivity index (χ1) is 10.9. The zero-order valence-corrected chi connectivity index (χ0v) is 16.0. The standard InChI is InChI=1S/C15H21N3O2S3/c1-11(2)14(22-13-9-7-6-8-10-13)17-23-18(4)15(19)20-16-12(3)21-5/h6-10,16-17H,3H2,1-2,4-5H3. The van der Waals surface area contributed by atoms with Crippen LogP contribution in [0.1, 0.15) is 13.8 Å². The van der Waals surface area contributed by atoms with E-state index in [2.05, 4.69) is 16.8 Å². The minimum atomic E-state index is -0.518. The van der Waals surface area contributed by atoms with E-state index in [1.54, 1.807) is 18.8 Å². The second-order valence-electron chi connectivity index (χ2n) is 4.53. The van der Waals surface area contributed by atoms with Gasteiger partial charge in [0.05, 0.1) is 22.2 Å². The van der Waals surface area contributed by atoms with Crippen LogP contribution < -0.4 is 10.2 Å². The number of hydrogen-bond donors (Lipinski definition) is 2. The number of hydrogen-bond acceptors (Lipinski definition) is 7. The number of hydroxylamine groups is 1. The Kier molecular flexibility index (Phi) is 8.90. The van der Waals surface area contributed by atoms with Crippen LogP contribution in [-0.2, 0) is 4.84 Å². The molecule has 0 unspecified atom stereocenters. The van der Waals surface area contributed by atoms with Gasteiger partial charge in [-0.15, -0.1) is 11.8 Å². The maximum atomic E-state index is 11.8. The zero-order valence-electron chi connectivity index (χ0n) is 13.6. The quantitative estimate of drug-likeness (QED) is 0.394. The highest BCUT2D eigenvalue weighted by molar-refractivity contribution is 8.04. The lowest BCUT2D eigenvalue weighted by Crippen LogP contribution is -2.29. The lowest BCUT2D eigenvalue weighted by Gasteiger charge is -2.18. The molecular formula is C15H21N3O2S3. The lowest BCUT2D eigenvalue weighted by atomic mass is 10.4. The third-order valence-electron chi connectivity index (χ3n) is 2.45. The summed E-state index contributed by atoms with van der Waals surface area (Å²) in [5.41, 5.74) is 3.61. The van der Waals surface area contributed by atoms with Gasteiger partial charge in [-0.3, -0.25) is 0 Å². The molecule has 0 atom stereocenters. The zero-order chi connectivity index (χ0) is 17.2. The molecule has 0 aliphatic carbocycles. The van der Waals surface area contributed by atoms with Crippen molar-refractivity contribution in [1.82, 2.24) is 14.5 Å². The Labute approximate surface area is 150 Å². The molecule has 1 amide bonds. The second kappa shape index (κ2) is 10.4. The van der Waals surface area contributed by atoms with Crippen LogP contribution >= 0.6 is 35.7 Å². The molecule has 0 bridgehead atoms. The number of nitrogens with zero attached hydrogens (tertiary/aromatic N) is 1. The van der Waals surface area contributed by atoms with E-state index >= 15 is 0 Å². The van der Waals surface area contributed by atoms with E-state index in [1.165, 1.54) is 16.1 Å². The predicted octanol–water partition coefficient (Wildman–Crippen LogP) is 4.59. The molecule has 126 valence electrons. The number of benzene rings is 1. The minimum Gasteiger partial charge on any atom is -0.323 e. The van der Waals surface area contributed by atoms with Crippen molar-refractivity contribution in [2.75, 3.05) is 13.3 Å². The molecule has 0 radical (unpaired) electrons. The van der Waals surface area contributed by atoms with Gasteiger partial charge in [-0.05, 0) is 37.8 Å². The van der Waals surface area contributed by atoms with Crippen molar-refractivity contribution in [3.63, 3.8) is 0 Å². The van der Waals surface area contributed by atoms with Crippen molar-refractivity contribution >= 4 is 41.8 Å². The Balaban J connectivity index is 2.51. The maximum absolute atomic E-state index is 11.8. The number of nitrogens with one attached hydrogen (secondary N) is 2. The minimum absolute atomic E-state index is 0.518. The molecule has 1 aromatic carbocycles. The molecule has 5 nitrogen and oxygen atoms in total. The number of rotatable bonds is 8.